The molecule has 0 saturated carbocycles. The van der Waals surface area contributed by atoms with Crippen LogP contribution in [0.4, 0.5) is 39.5 Å². The van der Waals surface area contributed by atoms with Gasteiger partial charge in [-0.1, -0.05) is 0 Å². The maximum Gasteiger partial charge on any atom is 0.453 e. The van der Waals surface area contributed by atoms with E-state index in [1.54, 1.807) is 0 Å². The van der Waals surface area contributed by atoms with Crippen molar-refractivity contribution in [3.63, 3.8) is 0 Å². The van der Waals surface area contributed by atoms with E-state index in [-0.39, 0.29) is 0 Å². The van der Waals surface area contributed by atoms with E-state index in [1.807, 2.05) is 0 Å². The van der Waals surface area contributed by atoms with E-state index in [9.17, 15) is 39.5 Å². The first-order valence-corrected chi connectivity index (χ1v) is 3.35. The Balaban J connectivity index is 0. The highest BCUT2D eigenvalue weighted by atomic mass is 19.4. The van der Waals surface area contributed by atoms with Crippen LogP contribution in [0.15, 0.2) is 24.8 Å². The number of allylic oxidation sites excluding steroid dienone is 1. The lowest BCUT2D eigenvalue weighted by Gasteiger charge is -2.17. The first kappa shape index (κ1) is 17.3. The molecule has 0 aliphatic heterocycles. The van der Waals surface area contributed by atoms with Crippen molar-refractivity contribution in [2.45, 2.75) is 18.5 Å². The van der Waals surface area contributed by atoms with Crippen molar-refractivity contribution >= 4 is 0 Å². The Hall–Kier alpha value is -1.15. The van der Waals surface area contributed by atoms with Gasteiger partial charge in [-0.2, -0.15) is 39.5 Å². The number of hydrogen-bond acceptors (Lipinski definition) is 0. The second-order valence-corrected chi connectivity index (χ2v) is 2.24. The van der Waals surface area contributed by atoms with E-state index in [0.717, 1.165) is 0 Å². The molecule has 0 heterocycles. The van der Waals surface area contributed by atoms with Crippen LogP contribution in [-0.4, -0.2) is 12.1 Å². The van der Waals surface area contributed by atoms with Crippen molar-refractivity contribution in [3.8, 4) is 0 Å². The molecule has 0 amide bonds. The minimum Gasteiger partial charge on any atom is -0.196 e. The lowest BCUT2D eigenvalue weighted by Crippen LogP contribution is -2.35. The van der Waals surface area contributed by atoms with E-state index in [2.05, 4.69) is 6.58 Å². The van der Waals surface area contributed by atoms with Crippen LogP contribution in [0.5, 0.6) is 0 Å². The number of hydrogen-bond donors (Lipinski definition) is 0. The Labute approximate surface area is 84.0 Å². The second kappa shape index (κ2) is 6.44. The van der Waals surface area contributed by atoms with Crippen LogP contribution in [0.2, 0.25) is 0 Å². The zero-order valence-corrected chi connectivity index (χ0v) is 7.39. The minimum absolute atomic E-state index is 0.465. The summed E-state index contributed by atoms with van der Waals surface area (Å²) < 4.78 is 99.9. The van der Waals surface area contributed by atoms with Crippen LogP contribution in [-0.2, 0) is 0 Å². The molecule has 0 N–H and O–H groups in total. The maximum absolute atomic E-state index is 11.8. The summed E-state index contributed by atoms with van der Waals surface area (Å²) >= 11 is 0. The fourth-order valence-corrected chi connectivity index (χ4v) is 0.321. The smallest absolute Gasteiger partial charge is 0.196 e. The molecular formula is C7H5F9. The molecule has 0 unspecified atom stereocenters. The molecule has 0 aromatic carbocycles. The van der Waals surface area contributed by atoms with Gasteiger partial charge in [-0.25, -0.2) is 0 Å². The highest BCUT2D eigenvalue weighted by Gasteiger charge is 2.56. The van der Waals surface area contributed by atoms with Crippen molar-refractivity contribution in [1.82, 2.24) is 0 Å². The topological polar surface area (TPSA) is 0 Å². The third-order valence-corrected chi connectivity index (χ3v) is 0.927. The normalized spacial score (nSPS) is 11.3. The Morgan fingerprint density at radius 1 is 0.938 bits per heavy atom. The van der Waals surface area contributed by atoms with Gasteiger partial charge in [0.15, 0.2) is 0 Å². The quantitative estimate of drug-likeness (QED) is 0.628. The highest BCUT2D eigenvalue weighted by Crippen LogP contribution is 2.38. The predicted octanol–water partition coefficient (Wildman–Crippen LogP) is 4.75. The first-order valence-electron chi connectivity index (χ1n) is 3.35. The van der Waals surface area contributed by atoms with Gasteiger partial charge >= 0.3 is 12.1 Å². The van der Waals surface area contributed by atoms with Crippen LogP contribution in [0, 0.1) is 0 Å². The van der Waals surface area contributed by atoms with Crippen molar-refractivity contribution in [1.29, 1.82) is 0 Å². The van der Waals surface area contributed by atoms with Gasteiger partial charge in [0, 0.05) is 6.42 Å². The van der Waals surface area contributed by atoms with Crippen molar-refractivity contribution in [2.24, 2.45) is 0 Å². The lowest BCUT2D eigenvalue weighted by atomic mass is 10.2. The summed E-state index contributed by atoms with van der Waals surface area (Å²) in [5.74, 6) is -5.09. The number of halogens is 9. The molecule has 0 aliphatic rings. The molecule has 0 saturated heterocycles. The van der Waals surface area contributed by atoms with Gasteiger partial charge in [0.1, 0.15) is 0 Å². The molecule has 0 aromatic rings. The average Bonchev–Trinajstić information content (AvgIpc) is 1.97. The zero-order chi connectivity index (χ0) is 13.6. The highest BCUT2D eigenvalue weighted by molar-refractivity contribution is 4.89. The van der Waals surface area contributed by atoms with Gasteiger partial charge in [-0.05, 0) is 12.7 Å². The number of alkyl halides is 5. The molecule has 16 heavy (non-hydrogen) atoms. The Kier molecular flexibility index (Phi) is 6.94. The molecule has 0 atom stereocenters. The fourth-order valence-electron chi connectivity index (χ4n) is 0.321. The molecule has 9 heteroatoms. The third-order valence-electron chi connectivity index (χ3n) is 0.927. The van der Waals surface area contributed by atoms with Gasteiger partial charge in [-0.15, -0.1) is 0 Å². The summed E-state index contributed by atoms with van der Waals surface area (Å²) in [5.41, 5.74) is 0. The fraction of sp³-hybridized carbons (Fsp3) is 0.429. The van der Waals surface area contributed by atoms with E-state index < -0.39 is 36.8 Å². The van der Waals surface area contributed by atoms with E-state index in [4.69, 9.17) is 0 Å². The minimum atomic E-state index is -5.78. The van der Waals surface area contributed by atoms with Crippen molar-refractivity contribution in [2.75, 3.05) is 0 Å². The lowest BCUT2D eigenvalue weighted by molar-refractivity contribution is -0.280. The summed E-state index contributed by atoms with van der Waals surface area (Å²) in [6.07, 6.45) is -12.7. The van der Waals surface area contributed by atoms with Gasteiger partial charge < -0.3 is 0 Å². The zero-order valence-electron chi connectivity index (χ0n) is 7.39. The number of rotatable bonds is 2. The Bertz CT molecular complexity index is 241. The first-order chi connectivity index (χ1) is 6.90. The van der Waals surface area contributed by atoms with E-state index >= 15 is 0 Å². The molecule has 0 bridgehead atoms. The standard InChI is InChI=1S/C5H3F7.C2H2F2/c6-3(7)1-2-4(8,9)5(10,11)12;1-2(3)4/h1H,2H2;1H2. The molecule has 0 nitrogen and oxygen atoms in total. The van der Waals surface area contributed by atoms with Gasteiger partial charge in [-0.3, -0.25) is 0 Å². The van der Waals surface area contributed by atoms with Gasteiger partial charge in [0.2, 0.25) is 0 Å². The van der Waals surface area contributed by atoms with Crippen LogP contribution in [0.1, 0.15) is 6.42 Å². The van der Waals surface area contributed by atoms with Crippen molar-refractivity contribution < 1.29 is 39.5 Å². The summed E-state index contributed by atoms with van der Waals surface area (Å²) in [4.78, 5) is 0. The Morgan fingerprint density at radius 3 is 1.44 bits per heavy atom. The molecule has 0 spiro atoms. The summed E-state index contributed by atoms with van der Waals surface area (Å²) in [5, 5.41) is 0. The third kappa shape index (κ3) is 9.41. The summed E-state index contributed by atoms with van der Waals surface area (Å²) in [7, 11) is 0. The predicted molar refractivity (Wildman–Crippen MR) is 37.3 cm³/mol. The molecule has 96 valence electrons. The van der Waals surface area contributed by atoms with Crippen molar-refractivity contribution in [3.05, 3.63) is 24.8 Å². The molecule has 0 fully saturated rings. The van der Waals surface area contributed by atoms with E-state index in [0.29, 0.717) is 0 Å². The molecule has 0 aliphatic carbocycles. The summed E-state index contributed by atoms with van der Waals surface area (Å²) in [6, 6.07) is 0. The molecule has 0 radical (unpaired) electrons. The van der Waals surface area contributed by atoms with E-state index in [1.165, 1.54) is 0 Å². The van der Waals surface area contributed by atoms with Gasteiger partial charge in [0.05, 0.1) is 0 Å². The Morgan fingerprint density at radius 2 is 1.25 bits per heavy atom. The summed E-state index contributed by atoms with van der Waals surface area (Å²) in [6.45, 7) is 2.22. The largest absolute Gasteiger partial charge is 0.453 e. The van der Waals surface area contributed by atoms with Crippen LogP contribution in [0.3, 0.4) is 0 Å². The molecule has 0 aromatic heterocycles. The average molecular weight is 260 g/mol. The maximum atomic E-state index is 11.8. The van der Waals surface area contributed by atoms with Crippen LogP contribution < -0.4 is 0 Å². The second-order valence-electron chi connectivity index (χ2n) is 2.24. The SMILES string of the molecule is C=C(F)F.FC(F)=CCC(F)(F)C(F)(F)F. The van der Waals surface area contributed by atoms with Gasteiger partial charge in [0.25, 0.3) is 12.2 Å². The van der Waals surface area contributed by atoms with Crippen LogP contribution >= 0.6 is 0 Å². The molecule has 0 rings (SSSR count). The molecular weight excluding hydrogens is 255 g/mol. The monoisotopic (exact) mass is 260 g/mol. The van der Waals surface area contributed by atoms with Crippen LogP contribution in [0.25, 0.3) is 0 Å².